The first-order valence-corrected chi connectivity index (χ1v) is 9.26. The highest BCUT2D eigenvalue weighted by molar-refractivity contribution is 5.25. The Morgan fingerprint density at radius 3 is 2.52 bits per heavy atom. The Kier molecular flexibility index (Phi) is 5.12. The Morgan fingerprint density at radius 2 is 1.74 bits per heavy atom. The third kappa shape index (κ3) is 4.14. The van der Waals surface area contributed by atoms with Crippen LogP contribution in [0.25, 0.3) is 0 Å². The molecule has 2 aromatic heterocycles. The molecule has 0 fully saturated rings. The standard InChI is InChI=1S/C22H22FN3O/c23-20-6-3-17(4-7-20)15-25-12-9-19-5-8-22(27)26(21(19)10-13-25)16-18-2-1-11-24-14-18/h1-8,11,14H,9-10,12-13,15-16H2. The van der Waals surface area contributed by atoms with Crippen LogP contribution in [-0.4, -0.2) is 27.5 Å². The number of hydrogen-bond acceptors (Lipinski definition) is 3. The number of nitrogens with zero attached hydrogens (tertiary/aromatic N) is 3. The van der Waals surface area contributed by atoms with Crippen molar-refractivity contribution in [2.75, 3.05) is 13.1 Å². The van der Waals surface area contributed by atoms with Crippen molar-refractivity contribution in [1.82, 2.24) is 14.5 Å². The van der Waals surface area contributed by atoms with Crippen LogP contribution >= 0.6 is 0 Å². The Bertz CT molecular complexity index is 967. The van der Waals surface area contributed by atoms with Crippen LogP contribution in [0.15, 0.2) is 65.7 Å². The van der Waals surface area contributed by atoms with Crippen LogP contribution in [0.1, 0.15) is 22.4 Å². The summed E-state index contributed by atoms with van der Waals surface area (Å²) in [6.45, 7) is 3.14. The van der Waals surface area contributed by atoms with E-state index in [4.69, 9.17) is 0 Å². The maximum absolute atomic E-state index is 13.1. The first-order chi connectivity index (χ1) is 13.2. The molecule has 27 heavy (non-hydrogen) atoms. The first-order valence-electron chi connectivity index (χ1n) is 9.26. The van der Waals surface area contributed by atoms with Gasteiger partial charge >= 0.3 is 0 Å². The van der Waals surface area contributed by atoms with Crippen molar-refractivity contribution in [2.45, 2.75) is 25.9 Å². The van der Waals surface area contributed by atoms with E-state index in [1.807, 2.05) is 41.1 Å². The summed E-state index contributed by atoms with van der Waals surface area (Å²) in [5.74, 6) is -0.207. The Labute approximate surface area is 157 Å². The van der Waals surface area contributed by atoms with Gasteiger partial charge in [0.05, 0.1) is 6.54 Å². The van der Waals surface area contributed by atoms with E-state index in [0.29, 0.717) is 6.54 Å². The maximum Gasteiger partial charge on any atom is 0.251 e. The molecule has 1 aliphatic rings. The van der Waals surface area contributed by atoms with Crippen LogP contribution in [0.3, 0.4) is 0 Å². The number of aromatic nitrogens is 2. The van der Waals surface area contributed by atoms with Gasteiger partial charge in [-0.15, -0.1) is 0 Å². The molecule has 0 saturated carbocycles. The molecular weight excluding hydrogens is 341 g/mol. The predicted molar refractivity (Wildman–Crippen MR) is 103 cm³/mol. The largest absolute Gasteiger partial charge is 0.308 e. The smallest absolute Gasteiger partial charge is 0.251 e. The minimum absolute atomic E-state index is 0.0320. The summed E-state index contributed by atoms with van der Waals surface area (Å²) in [4.78, 5) is 19.0. The van der Waals surface area contributed by atoms with Crippen molar-refractivity contribution >= 4 is 0 Å². The first kappa shape index (κ1) is 17.6. The minimum atomic E-state index is -0.207. The van der Waals surface area contributed by atoms with Gasteiger partial charge in [0.15, 0.2) is 0 Å². The van der Waals surface area contributed by atoms with Crippen molar-refractivity contribution in [3.8, 4) is 0 Å². The summed E-state index contributed by atoms with van der Waals surface area (Å²) in [7, 11) is 0. The zero-order chi connectivity index (χ0) is 18.6. The minimum Gasteiger partial charge on any atom is -0.308 e. The molecule has 3 aromatic rings. The van der Waals surface area contributed by atoms with Gasteiger partial charge in [-0.25, -0.2) is 4.39 Å². The van der Waals surface area contributed by atoms with Crippen molar-refractivity contribution < 1.29 is 4.39 Å². The molecule has 1 aromatic carbocycles. The summed E-state index contributed by atoms with van der Waals surface area (Å²) in [5.41, 5.74) is 4.52. The predicted octanol–water partition coefficient (Wildman–Crippen LogP) is 3.03. The number of rotatable bonds is 4. The molecule has 0 aliphatic carbocycles. The van der Waals surface area contributed by atoms with Gasteiger partial charge in [0.2, 0.25) is 0 Å². The second-order valence-corrected chi connectivity index (χ2v) is 6.99. The van der Waals surface area contributed by atoms with Crippen molar-refractivity contribution in [1.29, 1.82) is 0 Å². The van der Waals surface area contributed by atoms with E-state index >= 15 is 0 Å². The highest BCUT2D eigenvalue weighted by Gasteiger charge is 2.18. The Morgan fingerprint density at radius 1 is 0.926 bits per heavy atom. The molecule has 4 rings (SSSR count). The van der Waals surface area contributed by atoms with Gasteiger partial charge in [-0.2, -0.15) is 0 Å². The molecule has 0 bridgehead atoms. The van der Waals surface area contributed by atoms with Gasteiger partial charge in [0, 0.05) is 50.2 Å². The zero-order valence-electron chi connectivity index (χ0n) is 15.1. The molecule has 1 aliphatic heterocycles. The van der Waals surface area contributed by atoms with E-state index in [2.05, 4.69) is 9.88 Å². The topological polar surface area (TPSA) is 38.1 Å². The maximum atomic E-state index is 13.1. The number of hydrogen-bond donors (Lipinski definition) is 0. The molecule has 0 saturated heterocycles. The average molecular weight is 363 g/mol. The number of benzene rings is 1. The highest BCUT2D eigenvalue weighted by Crippen LogP contribution is 2.17. The van der Waals surface area contributed by atoms with E-state index in [1.165, 1.54) is 17.7 Å². The second-order valence-electron chi connectivity index (χ2n) is 6.99. The summed E-state index contributed by atoms with van der Waals surface area (Å²) in [6.07, 6.45) is 5.28. The lowest BCUT2D eigenvalue weighted by atomic mass is 10.1. The third-order valence-corrected chi connectivity index (χ3v) is 5.13. The molecule has 138 valence electrons. The molecule has 0 atom stereocenters. The summed E-state index contributed by atoms with van der Waals surface area (Å²) in [5, 5.41) is 0. The lowest BCUT2D eigenvalue weighted by Crippen LogP contribution is -2.27. The van der Waals surface area contributed by atoms with Crippen molar-refractivity contribution in [3.05, 3.63) is 99.5 Å². The van der Waals surface area contributed by atoms with E-state index in [-0.39, 0.29) is 11.4 Å². The van der Waals surface area contributed by atoms with Crippen LogP contribution in [0.4, 0.5) is 4.39 Å². The Balaban J connectivity index is 1.54. The molecule has 0 N–H and O–H groups in total. The van der Waals surface area contributed by atoms with E-state index in [0.717, 1.165) is 49.3 Å². The molecule has 0 amide bonds. The number of fused-ring (bicyclic) bond motifs is 1. The monoisotopic (exact) mass is 363 g/mol. The lowest BCUT2D eigenvalue weighted by Gasteiger charge is -2.19. The summed E-state index contributed by atoms with van der Waals surface area (Å²) < 4.78 is 15.0. The fourth-order valence-corrected chi connectivity index (χ4v) is 3.70. The molecule has 0 spiro atoms. The van der Waals surface area contributed by atoms with Crippen LogP contribution in [0, 0.1) is 5.82 Å². The van der Waals surface area contributed by atoms with Crippen LogP contribution in [0.5, 0.6) is 0 Å². The molecule has 0 radical (unpaired) electrons. The fraction of sp³-hybridized carbons (Fsp3) is 0.273. The number of pyridine rings is 2. The van der Waals surface area contributed by atoms with Crippen molar-refractivity contribution in [2.24, 2.45) is 0 Å². The van der Waals surface area contributed by atoms with Crippen LogP contribution < -0.4 is 5.56 Å². The van der Waals surface area contributed by atoms with Gasteiger partial charge in [0.25, 0.3) is 5.56 Å². The summed E-state index contributed by atoms with van der Waals surface area (Å²) >= 11 is 0. The third-order valence-electron chi connectivity index (χ3n) is 5.13. The second kappa shape index (κ2) is 7.84. The molecule has 4 nitrogen and oxygen atoms in total. The summed E-state index contributed by atoms with van der Waals surface area (Å²) in [6, 6.07) is 14.2. The molecule has 3 heterocycles. The van der Waals surface area contributed by atoms with Crippen LogP contribution in [0.2, 0.25) is 0 Å². The molecule has 5 heteroatoms. The quantitative estimate of drug-likeness (QED) is 0.715. The average Bonchev–Trinajstić information content (AvgIpc) is 2.89. The fourth-order valence-electron chi connectivity index (χ4n) is 3.70. The van der Waals surface area contributed by atoms with E-state index < -0.39 is 0 Å². The van der Waals surface area contributed by atoms with Gasteiger partial charge in [-0.1, -0.05) is 24.3 Å². The normalized spacial score (nSPS) is 14.6. The van der Waals surface area contributed by atoms with Crippen LogP contribution in [-0.2, 0) is 25.9 Å². The number of halogens is 1. The molecular formula is C22H22FN3O. The van der Waals surface area contributed by atoms with Crippen molar-refractivity contribution in [3.63, 3.8) is 0 Å². The van der Waals surface area contributed by atoms with Gasteiger partial charge in [-0.05, 0) is 41.3 Å². The highest BCUT2D eigenvalue weighted by atomic mass is 19.1. The molecule has 0 unspecified atom stereocenters. The lowest BCUT2D eigenvalue weighted by molar-refractivity contribution is 0.278. The SMILES string of the molecule is O=c1ccc2c(n1Cc1cccnc1)CCN(Cc1ccc(F)cc1)CC2. The van der Waals surface area contributed by atoms with Gasteiger partial charge < -0.3 is 4.57 Å². The van der Waals surface area contributed by atoms with E-state index in [9.17, 15) is 9.18 Å². The van der Waals surface area contributed by atoms with E-state index in [1.54, 1.807) is 12.3 Å². The van der Waals surface area contributed by atoms with Gasteiger partial charge in [0.1, 0.15) is 5.82 Å². The zero-order valence-corrected chi connectivity index (χ0v) is 15.1. The van der Waals surface area contributed by atoms with Gasteiger partial charge in [-0.3, -0.25) is 14.7 Å². The Hall–Kier alpha value is -2.79.